The van der Waals surface area contributed by atoms with E-state index in [2.05, 4.69) is 5.32 Å². The Kier molecular flexibility index (Phi) is 3.84. The fraction of sp³-hybridized carbons (Fsp3) is 1.00. The molecule has 16 heavy (non-hydrogen) atoms. The summed E-state index contributed by atoms with van der Waals surface area (Å²) in [5.74, 6) is 0.150. The molecule has 1 unspecified atom stereocenters. The maximum atomic E-state index is 12.2. The van der Waals surface area contributed by atoms with E-state index in [9.17, 15) is 8.42 Å². The van der Waals surface area contributed by atoms with Crippen LogP contribution < -0.4 is 5.32 Å². The van der Waals surface area contributed by atoms with Gasteiger partial charge < -0.3 is 10.1 Å². The normalized spacial score (nSPS) is 27.2. The summed E-state index contributed by atoms with van der Waals surface area (Å²) >= 11 is 0. The molecule has 6 heteroatoms. The Morgan fingerprint density at radius 1 is 1.44 bits per heavy atom. The number of nitrogens with zero attached hydrogens (tertiary/aromatic N) is 1. The lowest BCUT2D eigenvalue weighted by Crippen LogP contribution is -2.59. The zero-order valence-electron chi connectivity index (χ0n) is 9.68. The quantitative estimate of drug-likeness (QED) is 0.731. The molecule has 0 radical (unpaired) electrons. The Labute approximate surface area is 97.2 Å². The first-order valence-electron chi connectivity index (χ1n) is 5.95. The van der Waals surface area contributed by atoms with Gasteiger partial charge in [-0.05, 0) is 12.8 Å². The molecule has 0 amide bonds. The zero-order chi connectivity index (χ0) is 11.6. The monoisotopic (exact) mass is 248 g/mol. The van der Waals surface area contributed by atoms with Gasteiger partial charge >= 0.3 is 0 Å². The van der Waals surface area contributed by atoms with Crippen LogP contribution in [0.4, 0.5) is 0 Å². The highest BCUT2D eigenvalue weighted by Gasteiger charge is 2.34. The van der Waals surface area contributed by atoms with Crippen LogP contribution in [0.2, 0.25) is 0 Å². The average Bonchev–Trinajstić information content (AvgIpc) is 2.62. The maximum Gasteiger partial charge on any atom is 0.216 e. The molecule has 2 fully saturated rings. The zero-order valence-corrected chi connectivity index (χ0v) is 10.5. The molecule has 0 aromatic rings. The van der Waals surface area contributed by atoms with Crippen LogP contribution in [0.1, 0.15) is 19.8 Å². The van der Waals surface area contributed by atoms with E-state index < -0.39 is 10.0 Å². The minimum absolute atomic E-state index is 0.0907. The highest BCUT2D eigenvalue weighted by atomic mass is 32.2. The second-order valence-corrected chi connectivity index (χ2v) is 6.40. The summed E-state index contributed by atoms with van der Waals surface area (Å²) in [5.41, 5.74) is 0. The first-order valence-corrected chi connectivity index (χ1v) is 7.56. The lowest BCUT2D eigenvalue weighted by Gasteiger charge is -2.37. The predicted octanol–water partition coefficient (Wildman–Crippen LogP) is -0.211. The SMILES string of the molecule is CCN(C1CNC1)S(=O)(=O)CC1CCCO1. The molecule has 0 aromatic carbocycles. The minimum Gasteiger partial charge on any atom is -0.377 e. The molecule has 0 aromatic heterocycles. The molecule has 2 aliphatic heterocycles. The number of nitrogens with one attached hydrogen (secondary N) is 1. The Bertz CT molecular complexity index is 321. The van der Waals surface area contributed by atoms with Crippen molar-refractivity contribution >= 4 is 10.0 Å². The van der Waals surface area contributed by atoms with E-state index in [1.807, 2.05) is 6.92 Å². The summed E-state index contributed by atoms with van der Waals surface area (Å²) in [5, 5.41) is 3.10. The number of likely N-dealkylation sites (N-methyl/N-ethyl adjacent to an activating group) is 1. The van der Waals surface area contributed by atoms with E-state index in [4.69, 9.17) is 4.74 Å². The molecular formula is C10H20N2O3S. The molecule has 1 N–H and O–H groups in total. The summed E-state index contributed by atoms with van der Waals surface area (Å²) in [6, 6.07) is 0.149. The Morgan fingerprint density at radius 3 is 2.62 bits per heavy atom. The largest absolute Gasteiger partial charge is 0.377 e. The van der Waals surface area contributed by atoms with Gasteiger partial charge in [0.25, 0.3) is 0 Å². The third kappa shape index (κ3) is 2.56. The van der Waals surface area contributed by atoms with Crippen LogP contribution in [0.15, 0.2) is 0 Å². The lowest BCUT2D eigenvalue weighted by molar-refractivity contribution is 0.125. The molecule has 0 aliphatic carbocycles. The van der Waals surface area contributed by atoms with Crippen molar-refractivity contribution in [2.24, 2.45) is 0 Å². The van der Waals surface area contributed by atoms with E-state index in [1.54, 1.807) is 4.31 Å². The van der Waals surface area contributed by atoms with Gasteiger partial charge in [-0.3, -0.25) is 0 Å². The van der Waals surface area contributed by atoms with Crippen LogP contribution in [0.25, 0.3) is 0 Å². The molecule has 0 bridgehead atoms. The van der Waals surface area contributed by atoms with Gasteiger partial charge in [-0.1, -0.05) is 6.92 Å². The van der Waals surface area contributed by atoms with Gasteiger partial charge in [0.05, 0.1) is 11.9 Å². The highest BCUT2D eigenvalue weighted by molar-refractivity contribution is 7.89. The Hall–Kier alpha value is -0.170. The summed E-state index contributed by atoms with van der Waals surface area (Å²) < 4.78 is 31.3. The van der Waals surface area contributed by atoms with Crippen LogP contribution >= 0.6 is 0 Å². The summed E-state index contributed by atoms with van der Waals surface area (Å²) in [6.07, 6.45) is 1.77. The van der Waals surface area contributed by atoms with Crippen molar-refractivity contribution in [2.45, 2.75) is 31.9 Å². The van der Waals surface area contributed by atoms with Crippen molar-refractivity contribution in [3.8, 4) is 0 Å². The van der Waals surface area contributed by atoms with Crippen molar-refractivity contribution in [2.75, 3.05) is 32.0 Å². The van der Waals surface area contributed by atoms with Crippen LogP contribution in [-0.4, -0.2) is 56.9 Å². The number of hydrogen-bond acceptors (Lipinski definition) is 4. The lowest BCUT2D eigenvalue weighted by atomic mass is 10.2. The molecule has 94 valence electrons. The third-order valence-corrected chi connectivity index (χ3v) is 5.32. The number of rotatable bonds is 5. The predicted molar refractivity (Wildman–Crippen MR) is 61.8 cm³/mol. The van der Waals surface area contributed by atoms with Crippen LogP contribution in [0.5, 0.6) is 0 Å². The van der Waals surface area contributed by atoms with E-state index in [-0.39, 0.29) is 17.9 Å². The van der Waals surface area contributed by atoms with Gasteiger partial charge in [-0.15, -0.1) is 0 Å². The average molecular weight is 248 g/mol. The van der Waals surface area contributed by atoms with E-state index in [1.165, 1.54) is 0 Å². The molecular weight excluding hydrogens is 228 g/mol. The minimum atomic E-state index is -3.15. The summed E-state index contributed by atoms with van der Waals surface area (Å²) in [4.78, 5) is 0. The number of ether oxygens (including phenoxy) is 1. The molecule has 0 spiro atoms. The first kappa shape index (κ1) is 12.3. The summed E-state index contributed by atoms with van der Waals surface area (Å²) in [6.45, 7) is 4.71. The van der Waals surface area contributed by atoms with Crippen LogP contribution in [0, 0.1) is 0 Å². The van der Waals surface area contributed by atoms with E-state index in [0.29, 0.717) is 13.2 Å². The number of hydrogen-bond donors (Lipinski definition) is 1. The van der Waals surface area contributed by atoms with Crippen molar-refractivity contribution < 1.29 is 13.2 Å². The molecule has 1 atom stereocenters. The van der Waals surface area contributed by atoms with Gasteiger partial charge in [-0.2, -0.15) is 4.31 Å². The first-order chi connectivity index (χ1) is 7.63. The second-order valence-electron chi connectivity index (χ2n) is 4.43. The van der Waals surface area contributed by atoms with Gasteiger partial charge in [0.1, 0.15) is 0 Å². The second kappa shape index (κ2) is 5.00. The molecule has 5 nitrogen and oxygen atoms in total. The fourth-order valence-electron chi connectivity index (χ4n) is 2.27. The standard InChI is InChI=1S/C10H20N2O3S/c1-2-12(9-6-11-7-9)16(13,14)8-10-4-3-5-15-10/h9-11H,2-8H2,1H3. The Morgan fingerprint density at radius 2 is 2.19 bits per heavy atom. The van der Waals surface area contributed by atoms with Gasteiger partial charge in [0.2, 0.25) is 10.0 Å². The molecule has 2 saturated heterocycles. The van der Waals surface area contributed by atoms with Crippen molar-refractivity contribution in [3.05, 3.63) is 0 Å². The molecule has 2 aliphatic rings. The van der Waals surface area contributed by atoms with Crippen LogP contribution in [-0.2, 0) is 14.8 Å². The molecule has 2 heterocycles. The van der Waals surface area contributed by atoms with E-state index in [0.717, 1.165) is 25.9 Å². The van der Waals surface area contributed by atoms with E-state index >= 15 is 0 Å². The van der Waals surface area contributed by atoms with Gasteiger partial charge in [0.15, 0.2) is 0 Å². The van der Waals surface area contributed by atoms with Gasteiger partial charge in [0, 0.05) is 32.3 Å². The fourth-order valence-corrected chi connectivity index (χ4v) is 4.19. The number of sulfonamides is 1. The topological polar surface area (TPSA) is 58.6 Å². The van der Waals surface area contributed by atoms with Crippen molar-refractivity contribution in [1.29, 1.82) is 0 Å². The van der Waals surface area contributed by atoms with Crippen molar-refractivity contribution in [3.63, 3.8) is 0 Å². The highest BCUT2D eigenvalue weighted by Crippen LogP contribution is 2.18. The Balaban J connectivity index is 1.97. The summed E-state index contributed by atoms with van der Waals surface area (Å²) in [7, 11) is -3.15. The maximum absolute atomic E-state index is 12.2. The van der Waals surface area contributed by atoms with Crippen LogP contribution in [0.3, 0.4) is 0 Å². The smallest absolute Gasteiger partial charge is 0.216 e. The molecule has 0 saturated carbocycles. The molecule has 2 rings (SSSR count). The van der Waals surface area contributed by atoms with Crippen molar-refractivity contribution in [1.82, 2.24) is 9.62 Å². The van der Waals surface area contributed by atoms with Gasteiger partial charge in [-0.25, -0.2) is 8.42 Å². The third-order valence-electron chi connectivity index (χ3n) is 3.26.